The number of phenols is 2. The minimum atomic E-state index is -0.962. The van der Waals surface area contributed by atoms with E-state index in [0.29, 0.717) is 5.56 Å². The van der Waals surface area contributed by atoms with Gasteiger partial charge in [0.1, 0.15) is 11.6 Å². The SMILES string of the molecule is CCCCOC(=O)C(Cc1ccc(O)c(O)c1)NC(=O)OC(C)(C)C. The van der Waals surface area contributed by atoms with Crippen molar-refractivity contribution < 1.29 is 29.3 Å². The van der Waals surface area contributed by atoms with Crippen LogP contribution in [0.1, 0.15) is 46.1 Å². The number of hydrogen-bond acceptors (Lipinski definition) is 6. The smallest absolute Gasteiger partial charge is 0.408 e. The second kappa shape index (κ2) is 9.15. The highest BCUT2D eigenvalue weighted by Crippen LogP contribution is 2.25. The molecule has 25 heavy (non-hydrogen) atoms. The maximum Gasteiger partial charge on any atom is 0.408 e. The molecule has 1 amide bonds. The molecule has 0 saturated heterocycles. The lowest BCUT2D eigenvalue weighted by atomic mass is 10.1. The highest BCUT2D eigenvalue weighted by molar-refractivity contribution is 5.81. The minimum Gasteiger partial charge on any atom is -0.504 e. The average Bonchev–Trinajstić information content (AvgIpc) is 2.48. The summed E-state index contributed by atoms with van der Waals surface area (Å²) in [6, 6.07) is 3.24. The summed E-state index contributed by atoms with van der Waals surface area (Å²) < 4.78 is 10.4. The van der Waals surface area contributed by atoms with Gasteiger partial charge in [0.05, 0.1) is 6.61 Å². The minimum absolute atomic E-state index is 0.0953. The first-order valence-electron chi connectivity index (χ1n) is 8.29. The maximum atomic E-state index is 12.3. The van der Waals surface area contributed by atoms with Crippen LogP contribution in [0, 0.1) is 0 Å². The van der Waals surface area contributed by atoms with Crippen LogP contribution in [-0.2, 0) is 20.7 Å². The largest absolute Gasteiger partial charge is 0.504 e. The van der Waals surface area contributed by atoms with Crippen molar-refractivity contribution in [3.8, 4) is 11.5 Å². The van der Waals surface area contributed by atoms with Crippen molar-refractivity contribution in [2.75, 3.05) is 6.61 Å². The zero-order valence-electron chi connectivity index (χ0n) is 15.2. The van der Waals surface area contributed by atoms with E-state index in [4.69, 9.17) is 9.47 Å². The molecule has 1 aromatic rings. The summed E-state index contributed by atoms with van der Waals surface area (Å²) in [5.74, 6) is -1.13. The third-order valence-corrected chi connectivity index (χ3v) is 3.20. The number of aromatic hydroxyl groups is 2. The molecule has 1 unspecified atom stereocenters. The third kappa shape index (κ3) is 7.78. The van der Waals surface area contributed by atoms with E-state index in [1.165, 1.54) is 12.1 Å². The fourth-order valence-electron chi connectivity index (χ4n) is 1.99. The van der Waals surface area contributed by atoms with Gasteiger partial charge in [0.25, 0.3) is 0 Å². The molecule has 0 heterocycles. The quantitative estimate of drug-likeness (QED) is 0.395. The zero-order chi connectivity index (χ0) is 19.0. The van der Waals surface area contributed by atoms with Gasteiger partial charge in [-0.15, -0.1) is 0 Å². The number of benzene rings is 1. The highest BCUT2D eigenvalue weighted by Gasteiger charge is 2.26. The standard InChI is InChI=1S/C18H27NO6/c1-5-6-9-24-16(22)13(19-17(23)25-18(2,3)4)10-12-7-8-14(20)15(21)11-12/h7-8,11,13,20-21H,5-6,9-10H2,1-4H3,(H,19,23). The first kappa shape index (κ1) is 20.6. The molecule has 0 aliphatic rings. The normalized spacial score (nSPS) is 12.3. The van der Waals surface area contributed by atoms with Gasteiger partial charge in [0.15, 0.2) is 11.5 Å². The van der Waals surface area contributed by atoms with E-state index in [1.54, 1.807) is 26.8 Å². The molecule has 7 heteroatoms. The Balaban J connectivity index is 2.84. The number of amides is 1. The Hall–Kier alpha value is -2.44. The van der Waals surface area contributed by atoms with E-state index in [9.17, 15) is 19.8 Å². The Morgan fingerprint density at radius 1 is 1.20 bits per heavy atom. The molecule has 0 radical (unpaired) electrons. The Bertz CT molecular complexity index is 594. The van der Waals surface area contributed by atoms with Gasteiger partial charge in [-0.05, 0) is 44.9 Å². The molecular weight excluding hydrogens is 326 g/mol. The molecule has 7 nitrogen and oxygen atoms in total. The summed E-state index contributed by atoms with van der Waals surface area (Å²) >= 11 is 0. The molecule has 0 spiro atoms. The summed E-state index contributed by atoms with van der Waals surface area (Å²) in [6.45, 7) is 7.41. The van der Waals surface area contributed by atoms with Crippen LogP contribution in [0.3, 0.4) is 0 Å². The van der Waals surface area contributed by atoms with Crippen LogP contribution in [0.25, 0.3) is 0 Å². The number of esters is 1. The van der Waals surface area contributed by atoms with Crippen LogP contribution in [-0.4, -0.2) is 40.5 Å². The number of phenolic OH excluding ortho intramolecular Hbond substituents is 2. The number of rotatable bonds is 7. The number of carbonyl (C=O) groups is 2. The monoisotopic (exact) mass is 353 g/mol. The van der Waals surface area contributed by atoms with Gasteiger partial charge < -0.3 is 25.0 Å². The van der Waals surface area contributed by atoms with Crippen molar-refractivity contribution in [2.45, 2.75) is 58.6 Å². The summed E-state index contributed by atoms with van der Waals surface area (Å²) in [7, 11) is 0. The lowest BCUT2D eigenvalue weighted by molar-refractivity contribution is -0.146. The molecule has 1 aromatic carbocycles. The maximum absolute atomic E-state index is 12.3. The first-order valence-corrected chi connectivity index (χ1v) is 8.29. The van der Waals surface area contributed by atoms with E-state index < -0.39 is 23.7 Å². The number of carbonyl (C=O) groups excluding carboxylic acids is 2. The van der Waals surface area contributed by atoms with Crippen LogP contribution in [0.2, 0.25) is 0 Å². The van der Waals surface area contributed by atoms with Crippen LogP contribution < -0.4 is 5.32 Å². The molecule has 0 aliphatic heterocycles. The summed E-state index contributed by atoms with van der Waals surface area (Å²) in [5, 5.41) is 21.5. The topological polar surface area (TPSA) is 105 Å². The van der Waals surface area contributed by atoms with E-state index >= 15 is 0 Å². The van der Waals surface area contributed by atoms with Crippen molar-refractivity contribution in [1.82, 2.24) is 5.32 Å². The molecule has 3 N–H and O–H groups in total. The first-order chi connectivity index (χ1) is 11.6. The zero-order valence-corrected chi connectivity index (χ0v) is 15.2. The van der Waals surface area contributed by atoms with Crippen molar-refractivity contribution >= 4 is 12.1 Å². The second-order valence-corrected chi connectivity index (χ2v) is 6.75. The number of unbranched alkanes of at least 4 members (excludes halogenated alkanes) is 1. The number of nitrogens with one attached hydrogen (secondary N) is 1. The summed E-state index contributed by atoms with van der Waals surface area (Å²) in [4.78, 5) is 24.3. The predicted octanol–water partition coefficient (Wildman–Crippen LogP) is 2.88. The van der Waals surface area contributed by atoms with E-state index in [1.807, 2.05) is 6.92 Å². The Morgan fingerprint density at radius 2 is 1.88 bits per heavy atom. The molecule has 0 aromatic heterocycles. The molecule has 0 aliphatic carbocycles. The van der Waals surface area contributed by atoms with Gasteiger partial charge in [0.2, 0.25) is 0 Å². The van der Waals surface area contributed by atoms with Crippen molar-refractivity contribution in [1.29, 1.82) is 0 Å². The highest BCUT2D eigenvalue weighted by atomic mass is 16.6. The van der Waals surface area contributed by atoms with E-state index in [0.717, 1.165) is 12.8 Å². The summed E-state index contributed by atoms with van der Waals surface area (Å²) in [5.41, 5.74) is -0.138. The van der Waals surface area contributed by atoms with Crippen molar-refractivity contribution in [2.24, 2.45) is 0 Å². The third-order valence-electron chi connectivity index (χ3n) is 3.20. The van der Waals surface area contributed by atoms with Gasteiger partial charge in [-0.25, -0.2) is 9.59 Å². The lowest BCUT2D eigenvalue weighted by Crippen LogP contribution is -2.45. The summed E-state index contributed by atoms with van der Waals surface area (Å²) in [6.07, 6.45) is 0.972. The van der Waals surface area contributed by atoms with Crippen molar-refractivity contribution in [3.63, 3.8) is 0 Å². The van der Waals surface area contributed by atoms with Gasteiger partial charge in [-0.1, -0.05) is 19.4 Å². The fraction of sp³-hybridized carbons (Fsp3) is 0.556. The molecule has 0 bridgehead atoms. The fourth-order valence-corrected chi connectivity index (χ4v) is 1.99. The van der Waals surface area contributed by atoms with Gasteiger partial charge >= 0.3 is 12.1 Å². The van der Waals surface area contributed by atoms with Crippen molar-refractivity contribution in [3.05, 3.63) is 23.8 Å². The van der Waals surface area contributed by atoms with Crippen LogP contribution in [0.4, 0.5) is 4.79 Å². The number of alkyl carbamates (subject to hydrolysis) is 1. The second-order valence-electron chi connectivity index (χ2n) is 6.75. The molecule has 0 fully saturated rings. The van der Waals surface area contributed by atoms with Crippen LogP contribution >= 0.6 is 0 Å². The Morgan fingerprint density at radius 3 is 2.44 bits per heavy atom. The van der Waals surface area contributed by atoms with Gasteiger partial charge in [-0.2, -0.15) is 0 Å². The lowest BCUT2D eigenvalue weighted by Gasteiger charge is -2.23. The molecule has 140 valence electrons. The average molecular weight is 353 g/mol. The molecular formula is C18H27NO6. The molecule has 1 rings (SSSR count). The Kier molecular flexibility index (Phi) is 7.54. The van der Waals surface area contributed by atoms with Gasteiger partial charge in [-0.3, -0.25) is 0 Å². The van der Waals surface area contributed by atoms with E-state index in [2.05, 4.69) is 5.32 Å². The predicted molar refractivity (Wildman–Crippen MR) is 92.5 cm³/mol. The molecule has 1 atom stereocenters. The van der Waals surface area contributed by atoms with Crippen LogP contribution in [0.15, 0.2) is 18.2 Å². The number of hydrogen-bond donors (Lipinski definition) is 3. The van der Waals surface area contributed by atoms with E-state index in [-0.39, 0.29) is 24.5 Å². The van der Waals surface area contributed by atoms with Gasteiger partial charge in [0, 0.05) is 6.42 Å². The Labute approximate surface area is 147 Å². The van der Waals surface area contributed by atoms with Crippen LogP contribution in [0.5, 0.6) is 11.5 Å². The number of ether oxygens (including phenoxy) is 2. The molecule has 0 saturated carbocycles.